The van der Waals surface area contributed by atoms with Crippen LogP contribution in [0.2, 0.25) is 0 Å². The topological polar surface area (TPSA) is 134 Å². The molecule has 0 radical (unpaired) electrons. The van der Waals surface area contributed by atoms with Crippen molar-refractivity contribution in [3.05, 3.63) is 48.0 Å². The molecule has 0 saturated heterocycles. The van der Waals surface area contributed by atoms with Gasteiger partial charge in [-0.3, -0.25) is 0 Å². The minimum Gasteiger partial charge on any atom is -0.480 e. The molecule has 0 bridgehead atoms. The first-order chi connectivity index (χ1) is 12.4. The van der Waals surface area contributed by atoms with E-state index in [4.69, 9.17) is 10.8 Å². The number of aliphatic carboxylic acids is 1. The van der Waals surface area contributed by atoms with Crippen LogP contribution >= 0.6 is 0 Å². The quantitative estimate of drug-likeness (QED) is 0.301. The third-order valence-corrected chi connectivity index (χ3v) is 3.68. The standard InChI is InChI=1S/C18H26N4O4/c1-2-5-13-7-9-14(10-8-13)12-21-18(26)20-11-4-3-6-15(16(23)24)22-17(19)25/h2,7-10,15H,1,3-6,11-12H2,(H,23,24)(H3,19,22,25)(H2,20,21,26)/t15-/m0/s1. The molecular weight excluding hydrogens is 336 g/mol. The Morgan fingerprint density at radius 2 is 1.77 bits per heavy atom. The normalized spacial score (nSPS) is 11.2. The van der Waals surface area contributed by atoms with Crippen LogP contribution in [-0.4, -0.2) is 35.7 Å². The van der Waals surface area contributed by atoms with Crippen LogP contribution in [0.4, 0.5) is 9.59 Å². The number of hydrogen-bond acceptors (Lipinski definition) is 3. The van der Waals surface area contributed by atoms with Gasteiger partial charge in [-0.15, -0.1) is 6.58 Å². The first-order valence-corrected chi connectivity index (χ1v) is 8.41. The van der Waals surface area contributed by atoms with Gasteiger partial charge in [0.2, 0.25) is 0 Å². The summed E-state index contributed by atoms with van der Waals surface area (Å²) in [6.45, 7) is 4.52. The Balaban J connectivity index is 2.19. The Kier molecular flexibility index (Phi) is 9.30. The highest BCUT2D eigenvalue weighted by atomic mass is 16.4. The lowest BCUT2D eigenvalue weighted by Crippen LogP contribution is -2.43. The van der Waals surface area contributed by atoms with Crippen molar-refractivity contribution in [2.24, 2.45) is 5.73 Å². The number of urea groups is 2. The van der Waals surface area contributed by atoms with Gasteiger partial charge in [0.1, 0.15) is 6.04 Å². The van der Waals surface area contributed by atoms with Gasteiger partial charge in [-0.2, -0.15) is 0 Å². The Morgan fingerprint density at radius 3 is 2.35 bits per heavy atom. The van der Waals surface area contributed by atoms with Gasteiger partial charge in [0.15, 0.2) is 0 Å². The van der Waals surface area contributed by atoms with E-state index in [1.807, 2.05) is 30.3 Å². The molecule has 0 heterocycles. The molecule has 8 heteroatoms. The van der Waals surface area contributed by atoms with E-state index < -0.39 is 18.0 Å². The van der Waals surface area contributed by atoms with E-state index in [0.717, 1.165) is 12.0 Å². The van der Waals surface area contributed by atoms with E-state index in [1.54, 1.807) is 0 Å². The number of carbonyl (C=O) groups excluding carboxylic acids is 2. The zero-order valence-corrected chi connectivity index (χ0v) is 14.7. The van der Waals surface area contributed by atoms with Crippen LogP contribution in [0.3, 0.4) is 0 Å². The summed E-state index contributed by atoms with van der Waals surface area (Å²) in [5.74, 6) is -1.13. The molecule has 0 aromatic heterocycles. The summed E-state index contributed by atoms with van der Waals surface area (Å²) in [6.07, 6.45) is 4.02. The molecule has 0 aliphatic heterocycles. The largest absolute Gasteiger partial charge is 0.480 e. The lowest BCUT2D eigenvalue weighted by atomic mass is 10.1. The van der Waals surface area contributed by atoms with Crippen molar-refractivity contribution in [2.45, 2.75) is 38.3 Å². The van der Waals surface area contributed by atoms with Crippen LogP contribution in [0.15, 0.2) is 36.9 Å². The van der Waals surface area contributed by atoms with Crippen molar-refractivity contribution < 1.29 is 19.5 Å². The van der Waals surface area contributed by atoms with Crippen LogP contribution in [-0.2, 0) is 17.8 Å². The second-order valence-corrected chi connectivity index (χ2v) is 5.81. The molecule has 1 aromatic rings. The summed E-state index contributed by atoms with van der Waals surface area (Å²) in [5.41, 5.74) is 7.08. The fourth-order valence-electron chi connectivity index (χ4n) is 2.31. The van der Waals surface area contributed by atoms with Gasteiger partial charge in [0.25, 0.3) is 0 Å². The van der Waals surface area contributed by atoms with Crippen molar-refractivity contribution in [3.63, 3.8) is 0 Å². The van der Waals surface area contributed by atoms with Crippen LogP contribution in [0, 0.1) is 0 Å². The number of benzene rings is 1. The molecular formula is C18H26N4O4. The monoisotopic (exact) mass is 362 g/mol. The summed E-state index contributed by atoms with van der Waals surface area (Å²) in [4.78, 5) is 33.4. The van der Waals surface area contributed by atoms with Crippen molar-refractivity contribution in [1.29, 1.82) is 0 Å². The SMILES string of the molecule is C=CCc1ccc(CNC(=O)NCCCC[C@H](NC(N)=O)C(=O)O)cc1. The summed E-state index contributed by atoms with van der Waals surface area (Å²) in [7, 11) is 0. The second kappa shape index (κ2) is 11.5. The van der Waals surface area contributed by atoms with Crippen molar-refractivity contribution in [2.75, 3.05) is 6.54 Å². The molecule has 0 aliphatic rings. The number of nitrogens with one attached hydrogen (secondary N) is 3. The summed E-state index contributed by atoms with van der Waals surface area (Å²) < 4.78 is 0. The summed E-state index contributed by atoms with van der Waals surface area (Å²) >= 11 is 0. The smallest absolute Gasteiger partial charge is 0.326 e. The van der Waals surface area contributed by atoms with E-state index in [2.05, 4.69) is 22.5 Å². The van der Waals surface area contributed by atoms with E-state index in [1.165, 1.54) is 5.56 Å². The lowest BCUT2D eigenvalue weighted by molar-refractivity contribution is -0.139. The average Bonchev–Trinajstić information content (AvgIpc) is 2.59. The number of allylic oxidation sites excluding steroid dienone is 1. The predicted octanol–water partition coefficient (Wildman–Crippen LogP) is 1.51. The van der Waals surface area contributed by atoms with E-state index >= 15 is 0 Å². The maximum absolute atomic E-state index is 11.7. The number of hydrogen-bond donors (Lipinski definition) is 5. The second-order valence-electron chi connectivity index (χ2n) is 5.81. The molecule has 4 amide bonds. The highest BCUT2D eigenvalue weighted by molar-refractivity contribution is 5.81. The lowest BCUT2D eigenvalue weighted by Gasteiger charge is -2.12. The van der Waals surface area contributed by atoms with Crippen LogP contribution in [0.5, 0.6) is 0 Å². The first kappa shape index (κ1) is 21.0. The van der Waals surface area contributed by atoms with Gasteiger partial charge in [0.05, 0.1) is 0 Å². The number of carboxylic acid groups (broad SMARTS) is 1. The maximum atomic E-state index is 11.7. The summed E-state index contributed by atoms with van der Waals surface area (Å²) in [6, 6.07) is 5.74. The van der Waals surface area contributed by atoms with Gasteiger partial charge < -0.3 is 26.8 Å². The average molecular weight is 362 g/mol. The van der Waals surface area contributed by atoms with Gasteiger partial charge in [-0.1, -0.05) is 30.3 Å². The predicted molar refractivity (Wildman–Crippen MR) is 98.6 cm³/mol. The molecule has 0 unspecified atom stereocenters. The molecule has 0 fully saturated rings. The number of unbranched alkanes of at least 4 members (excludes halogenated alkanes) is 1. The summed E-state index contributed by atoms with van der Waals surface area (Å²) in [5, 5.41) is 16.6. The van der Waals surface area contributed by atoms with Gasteiger partial charge in [0, 0.05) is 13.1 Å². The minimum absolute atomic E-state index is 0.249. The molecule has 0 spiro atoms. The van der Waals surface area contributed by atoms with E-state index in [-0.39, 0.29) is 12.5 Å². The van der Waals surface area contributed by atoms with Crippen molar-refractivity contribution in [1.82, 2.24) is 16.0 Å². The Hall–Kier alpha value is -3.03. The van der Waals surface area contributed by atoms with Crippen LogP contribution in [0.1, 0.15) is 30.4 Å². The molecule has 0 saturated carbocycles. The number of carboxylic acids is 1. The highest BCUT2D eigenvalue weighted by Gasteiger charge is 2.17. The van der Waals surface area contributed by atoms with E-state index in [0.29, 0.717) is 25.9 Å². The van der Waals surface area contributed by atoms with Crippen LogP contribution in [0.25, 0.3) is 0 Å². The van der Waals surface area contributed by atoms with E-state index in [9.17, 15) is 14.4 Å². The molecule has 6 N–H and O–H groups in total. The Labute approximate surface area is 152 Å². The molecule has 1 aromatic carbocycles. The number of amides is 4. The highest BCUT2D eigenvalue weighted by Crippen LogP contribution is 2.05. The molecule has 1 rings (SSSR count). The van der Waals surface area contributed by atoms with Gasteiger partial charge in [-0.05, 0) is 36.8 Å². The van der Waals surface area contributed by atoms with Gasteiger partial charge in [-0.25, -0.2) is 14.4 Å². The molecule has 142 valence electrons. The fraction of sp³-hybridized carbons (Fsp3) is 0.389. The zero-order chi connectivity index (χ0) is 19.4. The zero-order valence-electron chi connectivity index (χ0n) is 14.7. The molecule has 1 atom stereocenters. The fourth-order valence-corrected chi connectivity index (χ4v) is 2.31. The number of primary amides is 1. The third kappa shape index (κ3) is 8.72. The molecule has 0 aliphatic carbocycles. The Morgan fingerprint density at radius 1 is 1.12 bits per heavy atom. The van der Waals surface area contributed by atoms with Crippen molar-refractivity contribution >= 4 is 18.0 Å². The molecule has 26 heavy (non-hydrogen) atoms. The third-order valence-electron chi connectivity index (χ3n) is 3.68. The van der Waals surface area contributed by atoms with Crippen LogP contribution < -0.4 is 21.7 Å². The number of rotatable bonds is 11. The van der Waals surface area contributed by atoms with Gasteiger partial charge >= 0.3 is 18.0 Å². The maximum Gasteiger partial charge on any atom is 0.326 e. The first-order valence-electron chi connectivity index (χ1n) is 8.41. The number of nitrogens with two attached hydrogens (primary N) is 1. The number of carbonyl (C=O) groups is 3. The Bertz CT molecular complexity index is 616. The molecule has 8 nitrogen and oxygen atoms in total. The van der Waals surface area contributed by atoms with Crippen molar-refractivity contribution in [3.8, 4) is 0 Å². The minimum atomic E-state index is -1.13.